The van der Waals surface area contributed by atoms with E-state index in [9.17, 15) is 4.79 Å². The Balaban J connectivity index is 1.89. The van der Waals surface area contributed by atoms with Crippen LogP contribution in [0, 0.1) is 0 Å². The molecular weight excluding hydrogens is 446 g/mol. The molecule has 1 aliphatic heterocycles. The Hall–Kier alpha value is -1.83. The highest BCUT2D eigenvalue weighted by Gasteiger charge is 2.34. The van der Waals surface area contributed by atoms with Crippen LogP contribution in [-0.2, 0) is 4.79 Å². The van der Waals surface area contributed by atoms with E-state index in [0.29, 0.717) is 20.7 Å². The van der Waals surface area contributed by atoms with Gasteiger partial charge in [-0.3, -0.25) is 9.69 Å². The molecule has 1 aliphatic rings. The first-order chi connectivity index (χ1) is 12.9. The van der Waals surface area contributed by atoms with E-state index in [2.05, 4.69) is 15.9 Å². The summed E-state index contributed by atoms with van der Waals surface area (Å²) in [5.41, 5.74) is 1.53. The van der Waals surface area contributed by atoms with Crippen molar-refractivity contribution < 1.29 is 14.3 Å². The van der Waals surface area contributed by atoms with Crippen LogP contribution in [0.1, 0.15) is 19.4 Å². The van der Waals surface area contributed by atoms with E-state index in [-0.39, 0.29) is 12.0 Å². The van der Waals surface area contributed by atoms with Gasteiger partial charge in [-0.25, -0.2) is 0 Å². The standard InChI is InChI=1S/C20H18BrNO3S2/c1-12(2)25-16-9-8-13(10-14(16)21)11-18-19(23)22(20(26)27-18)15-6-4-5-7-17(15)24-3/h4-12H,1-3H3/b18-11-. The fourth-order valence-corrected chi connectivity index (χ4v) is 4.37. The lowest BCUT2D eigenvalue weighted by atomic mass is 10.2. The quantitative estimate of drug-likeness (QED) is 0.422. The Bertz CT molecular complexity index is 927. The van der Waals surface area contributed by atoms with Crippen LogP contribution in [0.15, 0.2) is 51.8 Å². The van der Waals surface area contributed by atoms with Crippen LogP contribution in [0.2, 0.25) is 0 Å². The lowest BCUT2D eigenvalue weighted by molar-refractivity contribution is -0.113. The van der Waals surface area contributed by atoms with E-state index < -0.39 is 0 Å². The zero-order valence-electron chi connectivity index (χ0n) is 15.1. The lowest BCUT2D eigenvalue weighted by Gasteiger charge is -2.17. The molecule has 0 bridgehead atoms. The predicted octanol–water partition coefficient (Wildman–Crippen LogP) is 5.65. The van der Waals surface area contributed by atoms with Crippen LogP contribution >= 0.6 is 39.9 Å². The normalized spacial score (nSPS) is 15.7. The number of methoxy groups -OCH3 is 1. The number of thiocarbonyl (C=S) groups is 1. The van der Waals surface area contributed by atoms with Gasteiger partial charge in [0.25, 0.3) is 5.91 Å². The zero-order valence-corrected chi connectivity index (χ0v) is 18.3. The van der Waals surface area contributed by atoms with Gasteiger partial charge in [-0.15, -0.1) is 0 Å². The molecule has 3 rings (SSSR count). The lowest BCUT2D eigenvalue weighted by Crippen LogP contribution is -2.27. The third kappa shape index (κ3) is 4.36. The number of benzene rings is 2. The van der Waals surface area contributed by atoms with Gasteiger partial charge in [-0.2, -0.15) is 0 Å². The van der Waals surface area contributed by atoms with Gasteiger partial charge in [0.1, 0.15) is 11.5 Å². The molecule has 2 aromatic rings. The van der Waals surface area contributed by atoms with Crippen molar-refractivity contribution in [1.29, 1.82) is 0 Å². The second kappa shape index (κ2) is 8.46. The molecular formula is C20H18BrNO3S2. The molecule has 27 heavy (non-hydrogen) atoms. The summed E-state index contributed by atoms with van der Waals surface area (Å²) < 4.78 is 12.4. The van der Waals surface area contributed by atoms with Crippen molar-refractivity contribution in [1.82, 2.24) is 0 Å². The first-order valence-electron chi connectivity index (χ1n) is 8.28. The van der Waals surface area contributed by atoms with Crippen LogP contribution in [-0.4, -0.2) is 23.4 Å². The van der Waals surface area contributed by atoms with E-state index in [0.717, 1.165) is 15.8 Å². The second-order valence-corrected chi connectivity index (χ2v) is 8.58. The van der Waals surface area contributed by atoms with Gasteiger partial charge in [-0.1, -0.05) is 42.2 Å². The Morgan fingerprint density at radius 3 is 2.59 bits per heavy atom. The Morgan fingerprint density at radius 2 is 1.93 bits per heavy atom. The summed E-state index contributed by atoms with van der Waals surface area (Å²) in [7, 11) is 1.57. The average Bonchev–Trinajstić information content (AvgIpc) is 2.90. The van der Waals surface area contributed by atoms with Crippen LogP contribution in [0.5, 0.6) is 11.5 Å². The molecule has 0 unspecified atom stereocenters. The molecule has 0 atom stereocenters. The van der Waals surface area contributed by atoms with E-state index >= 15 is 0 Å². The minimum absolute atomic E-state index is 0.0873. The summed E-state index contributed by atoms with van der Waals surface area (Å²) in [5.74, 6) is 1.21. The van der Waals surface area contributed by atoms with Gasteiger partial charge in [0.05, 0.1) is 28.3 Å². The number of nitrogens with zero attached hydrogens (tertiary/aromatic N) is 1. The summed E-state index contributed by atoms with van der Waals surface area (Å²) in [5, 5.41) is 0. The van der Waals surface area contributed by atoms with Gasteiger partial charge in [0.15, 0.2) is 4.32 Å². The van der Waals surface area contributed by atoms with Crippen molar-refractivity contribution in [3.63, 3.8) is 0 Å². The maximum absolute atomic E-state index is 12.9. The number of carbonyl (C=O) groups excluding carboxylic acids is 1. The largest absolute Gasteiger partial charge is 0.495 e. The first-order valence-corrected chi connectivity index (χ1v) is 10.3. The van der Waals surface area contributed by atoms with Crippen molar-refractivity contribution in [3.8, 4) is 11.5 Å². The number of thioether (sulfide) groups is 1. The molecule has 0 aromatic heterocycles. The molecule has 0 radical (unpaired) electrons. The molecule has 1 fully saturated rings. The molecule has 140 valence electrons. The van der Waals surface area contributed by atoms with E-state index in [1.807, 2.05) is 62.4 Å². The number of hydrogen-bond donors (Lipinski definition) is 0. The van der Waals surface area contributed by atoms with Crippen LogP contribution in [0.4, 0.5) is 5.69 Å². The molecule has 0 spiro atoms. The average molecular weight is 464 g/mol. The third-order valence-corrected chi connectivity index (χ3v) is 5.66. The van der Waals surface area contributed by atoms with Crippen molar-refractivity contribution in [3.05, 3.63) is 57.4 Å². The molecule has 1 heterocycles. The molecule has 1 amide bonds. The van der Waals surface area contributed by atoms with Crippen LogP contribution in [0.25, 0.3) is 6.08 Å². The second-order valence-electron chi connectivity index (χ2n) is 6.05. The molecule has 7 heteroatoms. The number of anilines is 1. The van der Waals surface area contributed by atoms with Crippen molar-refractivity contribution in [2.45, 2.75) is 20.0 Å². The monoisotopic (exact) mass is 463 g/mol. The van der Waals surface area contributed by atoms with Crippen LogP contribution in [0.3, 0.4) is 0 Å². The summed E-state index contributed by atoms with van der Waals surface area (Å²) in [6.07, 6.45) is 1.92. The zero-order chi connectivity index (χ0) is 19.6. The summed E-state index contributed by atoms with van der Waals surface area (Å²) in [6.45, 7) is 3.95. The van der Waals surface area contributed by atoms with E-state index in [1.165, 1.54) is 16.7 Å². The number of amides is 1. The minimum atomic E-state index is -0.159. The van der Waals surface area contributed by atoms with Crippen molar-refractivity contribution in [2.75, 3.05) is 12.0 Å². The third-order valence-electron chi connectivity index (χ3n) is 3.74. The number of para-hydroxylation sites is 2. The highest BCUT2D eigenvalue weighted by molar-refractivity contribution is 9.10. The number of carbonyl (C=O) groups is 1. The number of ether oxygens (including phenoxy) is 2. The number of halogens is 1. The minimum Gasteiger partial charge on any atom is -0.495 e. The van der Waals surface area contributed by atoms with Crippen molar-refractivity contribution >= 4 is 61.9 Å². The van der Waals surface area contributed by atoms with Gasteiger partial charge < -0.3 is 9.47 Å². The molecule has 0 N–H and O–H groups in total. The molecule has 1 saturated heterocycles. The fourth-order valence-electron chi connectivity index (χ4n) is 2.60. The number of rotatable bonds is 5. The predicted molar refractivity (Wildman–Crippen MR) is 119 cm³/mol. The SMILES string of the molecule is COc1ccccc1N1C(=O)/C(=C/c2ccc(OC(C)C)c(Br)c2)SC1=S. The molecule has 0 aliphatic carbocycles. The van der Waals surface area contributed by atoms with E-state index in [1.54, 1.807) is 7.11 Å². The summed E-state index contributed by atoms with van der Waals surface area (Å²) >= 11 is 10.2. The molecule has 0 saturated carbocycles. The van der Waals surface area contributed by atoms with Gasteiger partial charge in [-0.05, 0) is 65.7 Å². The Kier molecular flexibility index (Phi) is 6.24. The topological polar surface area (TPSA) is 38.8 Å². The van der Waals surface area contributed by atoms with Gasteiger partial charge >= 0.3 is 0 Å². The van der Waals surface area contributed by atoms with Gasteiger partial charge in [0, 0.05) is 0 Å². The summed E-state index contributed by atoms with van der Waals surface area (Å²) in [6, 6.07) is 13.1. The maximum atomic E-state index is 12.9. The smallest absolute Gasteiger partial charge is 0.270 e. The molecule has 4 nitrogen and oxygen atoms in total. The van der Waals surface area contributed by atoms with Gasteiger partial charge in [0.2, 0.25) is 0 Å². The Morgan fingerprint density at radius 1 is 1.19 bits per heavy atom. The fraction of sp³-hybridized carbons (Fsp3) is 0.200. The summed E-state index contributed by atoms with van der Waals surface area (Å²) in [4.78, 5) is 15.0. The molecule has 2 aromatic carbocycles. The Labute approximate surface area is 176 Å². The van der Waals surface area contributed by atoms with E-state index in [4.69, 9.17) is 21.7 Å². The highest BCUT2D eigenvalue weighted by Crippen LogP contribution is 2.40. The van der Waals surface area contributed by atoms with Crippen LogP contribution < -0.4 is 14.4 Å². The highest BCUT2D eigenvalue weighted by atomic mass is 79.9. The maximum Gasteiger partial charge on any atom is 0.270 e. The first kappa shape index (κ1) is 19.9. The van der Waals surface area contributed by atoms with Crippen molar-refractivity contribution in [2.24, 2.45) is 0 Å². The number of hydrogen-bond acceptors (Lipinski definition) is 5.